The van der Waals surface area contributed by atoms with E-state index in [0.717, 1.165) is 18.2 Å². The number of nitro groups is 2. The quantitative estimate of drug-likeness (QED) is 0.406. The number of rotatable bonds is 8. The zero-order chi connectivity index (χ0) is 20.8. The molecule has 10 nitrogen and oxygen atoms in total. The van der Waals surface area contributed by atoms with Gasteiger partial charge < -0.3 is 9.47 Å². The second-order valence-corrected chi connectivity index (χ2v) is 5.27. The van der Waals surface area contributed by atoms with Crippen LogP contribution in [0.5, 0.6) is 11.5 Å². The van der Waals surface area contributed by atoms with E-state index in [4.69, 9.17) is 4.74 Å². The first-order chi connectivity index (χ1) is 13.2. The number of anilines is 1. The molecule has 1 N–H and O–H groups in total. The summed E-state index contributed by atoms with van der Waals surface area (Å²) in [5, 5.41) is 25.9. The van der Waals surface area contributed by atoms with Crippen LogP contribution in [-0.4, -0.2) is 29.3 Å². The first kappa shape index (κ1) is 20.5. The standard InChI is InChI=1S/C16H14F2N4O6/c1-9(10-3-6-14(28-16(17)18)15(7-10)27-2)19-20-12-5-4-11(21(23)24)8-13(12)22(25)26/h3-8,16,20H,1-2H3/b19-9-. The molecule has 0 atom stereocenters. The summed E-state index contributed by atoms with van der Waals surface area (Å²) in [6.45, 7) is -1.45. The summed E-state index contributed by atoms with van der Waals surface area (Å²) in [4.78, 5) is 20.4. The molecule has 0 saturated carbocycles. The van der Waals surface area contributed by atoms with E-state index in [9.17, 15) is 29.0 Å². The molecule has 0 heterocycles. The van der Waals surface area contributed by atoms with Crippen LogP contribution in [0.2, 0.25) is 0 Å². The minimum atomic E-state index is -3.01. The van der Waals surface area contributed by atoms with E-state index in [1.807, 2.05) is 0 Å². The highest BCUT2D eigenvalue weighted by atomic mass is 19.3. The highest BCUT2D eigenvalue weighted by Crippen LogP contribution is 2.31. The summed E-state index contributed by atoms with van der Waals surface area (Å²) in [5.74, 6) is -0.110. The number of hydrazone groups is 1. The lowest BCUT2D eigenvalue weighted by Gasteiger charge is -2.11. The molecule has 2 aromatic carbocycles. The maximum Gasteiger partial charge on any atom is 0.387 e. The largest absolute Gasteiger partial charge is 0.493 e. The number of hydrogen-bond acceptors (Lipinski definition) is 8. The van der Waals surface area contributed by atoms with Gasteiger partial charge in [-0.15, -0.1) is 0 Å². The van der Waals surface area contributed by atoms with Crippen molar-refractivity contribution in [3.63, 3.8) is 0 Å². The monoisotopic (exact) mass is 396 g/mol. The molecule has 0 aliphatic heterocycles. The van der Waals surface area contributed by atoms with Crippen LogP contribution in [0.25, 0.3) is 0 Å². The third kappa shape index (κ3) is 4.87. The van der Waals surface area contributed by atoms with Gasteiger partial charge in [-0.3, -0.25) is 25.7 Å². The molecule has 12 heteroatoms. The molecule has 148 valence electrons. The van der Waals surface area contributed by atoms with Crippen LogP contribution in [0.4, 0.5) is 25.8 Å². The number of methoxy groups -OCH3 is 1. The Morgan fingerprint density at radius 1 is 1.11 bits per heavy atom. The van der Waals surface area contributed by atoms with Crippen molar-refractivity contribution in [1.82, 2.24) is 0 Å². The fourth-order valence-corrected chi connectivity index (χ4v) is 2.17. The predicted molar refractivity (Wildman–Crippen MR) is 95.2 cm³/mol. The number of nitrogens with one attached hydrogen (secondary N) is 1. The molecule has 0 unspecified atom stereocenters. The van der Waals surface area contributed by atoms with Gasteiger partial charge in [-0.25, -0.2) is 0 Å². The number of halogens is 2. The molecule has 0 bridgehead atoms. The van der Waals surface area contributed by atoms with E-state index in [0.29, 0.717) is 11.3 Å². The zero-order valence-corrected chi connectivity index (χ0v) is 14.6. The minimum Gasteiger partial charge on any atom is -0.493 e. The van der Waals surface area contributed by atoms with E-state index in [-0.39, 0.29) is 17.2 Å². The van der Waals surface area contributed by atoms with Crippen molar-refractivity contribution in [2.75, 3.05) is 12.5 Å². The summed E-state index contributed by atoms with van der Waals surface area (Å²) in [7, 11) is 1.28. The predicted octanol–water partition coefficient (Wildman–Crippen LogP) is 3.95. The van der Waals surface area contributed by atoms with Crippen LogP contribution in [0, 0.1) is 20.2 Å². The van der Waals surface area contributed by atoms with E-state index in [2.05, 4.69) is 15.3 Å². The topological polar surface area (TPSA) is 129 Å². The van der Waals surface area contributed by atoms with Crippen LogP contribution in [0.3, 0.4) is 0 Å². The zero-order valence-electron chi connectivity index (χ0n) is 14.6. The van der Waals surface area contributed by atoms with Gasteiger partial charge in [-0.1, -0.05) is 0 Å². The fraction of sp³-hybridized carbons (Fsp3) is 0.188. The molecule has 28 heavy (non-hydrogen) atoms. The fourth-order valence-electron chi connectivity index (χ4n) is 2.17. The number of non-ortho nitro benzene ring substituents is 1. The Kier molecular flexibility index (Phi) is 6.37. The summed E-state index contributed by atoms with van der Waals surface area (Å²) in [6, 6.07) is 7.20. The van der Waals surface area contributed by atoms with Crippen molar-refractivity contribution >= 4 is 22.8 Å². The molecule has 0 radical (unpaired) electrons. The Hall–Kier alpha value is -3.83. The Morgan fingerprint density at radius 3 is 2.39 bits per heavy atom. The van der Waals surface area contributed by atoms with Gasteiger partial charge in [0.25, 0.3) is 5.69 Å². The highest BCUT2D eigenvalue weighted by Gasteiger charge is 2.19. The van der Waals surface area contributed by atoms with Crippen molar-refractivity contribution < 1.29 is 28.1 Å². The summed E-state index contributed by atoms with van der Waals surface area (Å²) < 4.78 is 34.1. The lowest BCUT2D eigenvalue weighted by Crippen LogP contribution is -2.05. The van der Waals surface area contributed by atoms with E-state index >= 15 is 0 Å². The number of benzene rings is 2. The average Bonchev–Trinajstić information content (AvgIpc) is 2.65. The molecule has 0 fully saturated rings. The van der Waals surface area contributed by atoms with E-state index < -0.39 is 27.8 Å². The molecule has 0 amide bonds. The first-order valence-electron chi connectivity index (χ1n) is 7.59. The van der Waals surface area contributed by atoms with Crippen LogP contribution < -0.4 is 14.9 Å². The number of alkyl halides is 2. The number of hydrogen-bond donors (Lipinski definition) is 1. The first-order valence-corrected chi connectivity index (χ1v) is 7.59. The second kappa shape index (κ2) is 8.70. The number of nitro benzene ring substituents is 2. The van der Waals surface area contributed by atoms with Gasteiger partial charge in [0, 0.05) is 11.6 Å². The molecule has 0 aliphatic rings. The number of ether oxygens (including phenoxy) is 2. The molecule has 0 aromatic heterocycles. The van der Waals surface area contributed by atoms with Gasteiger partial charge in [0.2, 0.25) is 0 Å². The molecular weight excluding hydrogens is 382 g/mol. The number of nitrogens with zero attached hydrogens (tertiary/aromatic N) is 3. The van der Waals surface area contributed by atoms with Crippen molar-refractivity contribution in [1.29, 1.82) is 0 Å². The molecule has 2 rings (SSSR count). The summed E-state index contributed by atoms with van der Waals surface area (Å²) in [6.07, 6.45) is 0. The van der Waals surface area contributed by atoms with Gasteiger partial charge in [0.1, 0.15) is 5.69 Å². The molecule has 0 aliphatic carbocycles. The van der Waals surface area contributed by atoms with Gasteiger partial charge in [-0.2, -0.15) is 13.9 Å². The van der Waals surface area contributed by atoms with Crippen molar-refractivity contribution in [3.05, 3.63) is 62.2 Å². The maximum absolute atomic E-state index is 12.4. The van der Waals surface area contributed by atoms with E-state index in [1.165, 1.54) is 25.3 Å². The Balaban J connectivity index is 2.29. The second-order valence-electron chi connectivity index (χ2n) is 5.27. The molecule has 0 saturated heterocycles. The van der Waals surface area contributed by atoms with E-state index in [1.54, 1.807) is 6.92 Å². The van der Waals surface area contributed by atoms with Crippen LogP contribution >= 0.6 is 0 Å². The van der Waals surface area contributed by atoms with Gasteiger partial charge in [-0.05, 0) is 31.2 Å². The molecule has 2 aromatic rings. The average molecular weight is 396 g/mol. The van der Waals surface area contributed by atoms with Crippen molar-refractivity contribution in [2.45, 2.75) is 13.5 Å². The maximum atomic E-state index is 12.4. The lowest BCUT2D eigenvalue weighted by atomic mass is 10.1. The van der Waals surface area contributed by atoms with Crippen LogP contribution in [0.1, 0.15) is 12.5 Å². The van der Waals surface area contributed by atoms with Crippen LogP contribution in [0.15, 0.2) is 41.5 Å². The highest BCUT2D eigenvalue weighted by molar-refractivity contribution is 5.99. The molecule has 0 spiro atoms. The van der Waals surface area contributed by atoms with Crippen molar-refractivity contribution in [2.24, 2.45) is 5.10 Å². The molecular formula is C16H14F2N4O6. The normalized spacial score (nSPS) is 11.2. The van der Waals surface area contributed by atoms with Gasteiger partial charge in [0.15, 0.2) is 11.5 Å². The van der Waals surface area contributed by atoms with Gasteiger partial charge in [0.05, 0.1) is 28.7 Å². The minimum absolute atomic E-state index is 0.0497. The van der Waals surface area contributed by atoms with Crippen molar-refractivity contribution in [3.8, 4) is 11.5 Å². The van der Waals surface area contributed by atoms with Gasteiger partial charge >= 0.3 is 12.3 Å². The SMILES string of the molecule is COc1cc(/C(C)=N\Nc2ccc([N+](=O)[O-])cc2[N+](=O)[O-])ccc1OC(F)F. The third-order valence-corrected chi connectivity index (χ3v) is 3.53. The van der Waals surface area contributed by atoms with Crippen LogP contribution in [-0.2, 0) is 0 Å². The lowest BCUT2D eigenvalue weighted by molar-refractivity contribution is -0.393. The summed E-state index contributed by atoms with van der Waals surface area (Å²) >= 11 is 0. The Bertz CT molecular complexity index is 935. The smallest absolute Gasteiger partial charge is 0.387 e. The third-order valence-electron chi connectivity index (χ3n) is 3.53. The summed E-state index contributed by atoms with van der Waals surface area (Å²) in [5.41, 5.74) is 2.27. The Morgan fingerprint density at radius 2 is 1.82 bits per heavy atom. The Labute approximate surface area is 156 Å².